The molecule has 2 atom stereocenters. The van der Waals surface area contributed by atoms with E-state index in [4.69, 9.17) is 4.74 Å². The number of hydrogen-bond donors (Lipinski definition) is 1. The second-order valence-electron chi connectivity index (χ2n) is 6.51. The summed E-state index contributed by atoms with van der Waals surface area (Å²) in [6.45, 7) is 13.1. The molecule has 1 aliphatic rings. The molecule has 0 aromatic heterocycles. The minimum absolute atomic E-state index is 0.824. The summed E-state index contributed by atoms with van der Waals surface area (Å²) >= 11 is 0. The highest BCUT2D eigenvalue weighted by Crippen LogP contribution is 2.21. The Labute approximate surface area is 129 Å². The second-order valence-corrected chi connectivity index (χ2v) is 6.51. The van der Waals surface area contributed by atoms with E-state index in [0.29, 0.717) is 0 Å². The summed E-state index contributed by atoms with van der Waals surface area (Å²) in [5, 5.41) is 0. The Morgan fingerprint density at radius 3 is 3.05 bits per heavy atom. The minimum atomic E-state index is 0.824. The van der Waals surface area contributed by atoms with Crippen LogP contribution in [0.15, 0.2) is 30.9 Å². The van der Waals surface area contributed by atoms with Gasteiger partial charge in [-0.3, -0.25) is 0 Å². The molecule has 0 amide bonds. The quantitative estimate of drug-likeness (QED) is 0.602. The van der Waals surface area contributed by atoms with Crippen LogP contribution in [-0.2, 0) is 6.42 Å². The molecular weight excluding hydrogens is 258 g/mol. The van der Waals surface area contributed by atoms with Gasteiger partial charge in [0, 0.05) is 12.3 Å². The van der Waals surface area contributed by atoms with Crippen LogP contribution in [-0.4, -0.2) is 26.2 Å². The molecule has 2 rings (SSSR count). The van der Waals surface area contributed by atoms with Crippen molar-refractivity contribution >= 4 is 0 Å². The number of ether oxygens (including phenoxy) is 1. The SMILES string of the molecule is C=CCc1cc(C)ccc1OCCC[NH+]1CCC[C@@H](C)C1. The highest BCUT2D eigenvalue weighted by Gasteiger charge is 2.18. The molecule has 2 heteroatoms. The number of benzene rings is 1. The summed E-state index contributed by atoms with van der Waals surface area (Å²) < 4.78 is 6.00. The molecule has 1 fully saturated rings. The van der Waals surface area contributed by atoms with Gasteiger partial charge in [-0.15, -0.1) is 6.58 Å². The normalized spacial score (nSPS) is 22.0. The lowest BCUT2D eigenvalue weighted by molar-refractivity contribution is -0.908. The van der Waals surface area contributed by atoms with E-state index in [0.717, 1.165) is 31.1 Å². The molecular formula is C19H30NO+. The van der Waals surface area contributed by atoms with Crippen LogP contribution < -0.4 is 9.64 Å². The number of hydrogen-bond acceptors (Lipinski definition) is 1. The number of piperidine rings is 1. The summed E-state index contributed by atoms with van der Waals surface area (Å²) in [5.41, 5.74) is 2.54. The molecule has 0 bridgehead atoms. The highest BCUT2D eigenvalue weighted by molar-refractivity contribution is 5.38. The molecule has 1 N–H and O–H groups in total. The molecule has 1 aromatic rings. The fourth-order valence-electron chi connectivity index (χ4n) is 3.29. The van der Waals surface area contributed by atoms with E-state index >= 15 is 0 Å². The highest BCUT2D eigenvalue weighted by atomic mass is 16.5. The Bertz CT molecular complexity index is 455. The molecule has 21 heavy (non-hydrogen) atoms. The molecule has 1 aromatic carbocycles. The van der Waals surface area contributed by atoms with Crippen LogP contribution in [0.4, 0.5) is 0 Å². The number of likely N-dealkylation sites (tertiary alicyclic amines) is 1. The van der Waals surface area contributed by atoms with Gasteiger partial charge in [0.1, 0.15) is 5.75 Å². The molecule has 0 spiro atoms. The van der Waals surface area contributed by atoms with E-state index in [-0.39, 0.29) is 0 Å². The monoisotopic (exact) mass is 288 g/mol. The predicted molar refractivity (Wildman–Crippen MR) is 89.2 cm³/mol. The van der Waals surface area contributed by atoms with Gasteiger partial charge in [0.2, 0.25) is 0 Å². The summed E-state index contributed by atoms with van der Waals surface area (Å²) in [4.78, 5) is 1.76. The van der Waals surface area contributed by atoms with E-state index in [1.807, 2.05) is 6.08 Å². The summed E-state index contributed by atoms with van der Waals surface area (Å²) in [5.74, 6) is 1.92. The Morgan fingerprint density at radius 2 is 2.29 bits per heavy atom. The number of rotatable bonds is 7. The Kier molecular flexibility index (Phi) is 6.31. The fraction of sp³-hybridized carbons (Fsp3) is 0.579. The van der Waals surface area contributed by atoms with Gasteiger partial charge < -0.3 is 9.64 Å². The molecule has 1 unspecified atom stereocenters. The minimum Gasteiger partial charge on any atom is -0.493 e. The maximum atomic E-state index is 6.00. The van der Waals surface area contributed by atoms with Gasteiger partial charge in [0.15, 0.2) is 0 Å². The lowest BCUT2D eigenvalue weighted by Gasteiger charge is -2.27. The molecule has 0 saturated carbocycles. The Hall–Kier alpha value is -1.28. The van der Waals surface area contributed by atoms with Crippen LogP contribution in [0.2, 0.25) is 0 Å². The lowest BCUT2D eigenvalue weighted by Crippen LogP contribution is -3.13. The third kappa shape index (κ3) is 5.20. The van der Waals surface area contributed by atoms with Crippen molar-refractivity contribution < 1.29 is 9.64 Å². The standard InChI is InChI=1S/C19H29NO/c1-4-7-18-14-16(2)9-10-19(18)21-13-6-12-20-11-5-8-17(3)15-20/h4,9-10,14,17H,1,5-8,11-13,15H2,2-3H3/p+1/t17-/m1/s1. The average Bonchev–Trinajstić information content (AvgIpc) is 2.46. The van der Waals surface area contributed by atoms with Crippen LogP contribution in [0, 0.1) is 12.8 Å². The zero-order chi connectivity index (χ0) is 15.1. The van der Waals surface area contributed by atoms with Crippen molar-refractivity contribution in [1.29, 1.82) is 0 Å². The number of quaternary nitrogens is 1. The molecule has 1 saturated heterocycles. The maximum absolute atomic E-state index is 6.00. The van der Waals surface area contributed by atoms with Crippen molar-refractivity contribution in [3.05, 3.63) is 42.0 Å². The summed E-state index contributed by atoms with van der Waals surface area (Å²) in [7, 11) is 0. The first-order valence-corrected chi connectivity index (χ1v) is 8.36. The van der Waals surface area contributed by atoms with Gasteiger partial charge in [-0.1, -0.05) is 30.7 Å². The lowest BCUT2D eigenvalue weighted by atomic mass is 10.0. The van der Waals surface area contributed by atoms with Crippen LogP contribution >= 0.6 is 0 Å². The van der Waals surface area contributed by atoms with Gasteiger partial charge in [0.25, 0.3) is 0 Å². The van der Waals surface area contributed by atoms with Crippen LogP contribution in [0.3, 0.4) is 0 Å². The number of aryl methyl sites for hydroxylation is 1. The number of nitrogens with one attached hydrogen (secondary N) is 1. The van der Waals surface area contributed by atoms with E-state index in [9.17, 15) is 0 Å². The molecule has 1 heterocycles. The first kappa shape index (κ1) is 16.1. The van der Waals surface area contributed by atoms with E-state index in [1.165, 1.54) is 43.6 Å². The first-order chi connectivity index (χ1) is 10.2. The van der Waals surface area contributed by atoms with Gasteiger partial charge in [-0.2, -0.15) is 0 Å². The van der Waals surface area contributed by atoms with Crippen molar-refractivity contribution in [2.24, 2.45) is 5.92 Å². The Balaban J connectivity index is 1.76. The molecule has 116 valence electrons. The van der Waals surface area contributed by atoms with Crippen LogP contribution in [0.5, 0.6) is 5.75 Å². The molecule has 0 radical (unpaired) electrons. The van der Waals surface area contributed by atoms with Gasteiger partial charge >= 0.3 is 0 Å². The average molecular weight is 288 g/mol. The van der Waals surface area contributed by atoms with Crippen LogP contribution in [0.25, 0.3) is 0 Å². The fourth-order valence-corrected chi connectivity index (χ4v) is 3.29. The van der Waals surface area contributed by atoms with Crippen molar-refractivity contribution in [3.8, 4) is 5.75 Å². The molecule has 0 aliphatic carbocycles. The maximum Gasteiger partial charge on any atom is 0.122 e. The van der Waals surface area contributed by atoms with E-state index < -0.39 is 0 Å². The summed E-state index contributed by atoms with van der Waals surface area (Å²) in [6, 6.07) is 6.43. The van der Waals surface area contributed by atoms with Crippen molar-refractivity contribution in [2.75, 3.05) is 26.2 Å². The van der Waals surface area contributed by atoms with E-state index in [2.05, 4.69) is 38.6 Å². The van der Waals surface area contributed by atoms with Crippen molar-refractivity contribution in [1.82, 2.24) is 0 Å². The second kappa shape index (κ2) is 8.23. The van der Waals surface area contributed by atoms with Crippen molar-refractivity contribution in [2.45, 2.75) is 39.5 Å². The Morgan fingerprint density at radius 1 is 1.43 bits per heavy atom. The predicted octanol–water partition coefficient (Wildman–Crippen LogP) is 2.81. The molecule has 1 aliphatic heterocycles. The third-order valence-electron chi connectivity index (χ3n) is 4.38. The largest absolute Gasteiger partial charge is 0.493 e. The summed E-state index contributed by atoms with van der Waals surface area (Å²) in [6.07, 6.45) is 6.77. The van der Waals surface area contributed by atoms with Gasteiger partial charge in [0.05, 0.1) is 26.2 Å². The zero-order valence-corrected chi connectivity index (χ0v) is 13.7. The third-order valence-corrected chi connectivity index (χ3v) is 4.38. The first-order valence-electron chi connectivity index (χ1n) is 8.36. The topological polar surface area (TPSA) is 13.7 Å². The van der Waals surface area contributed by atoms with Crippen molar-refractivity contribution in [3.63, 3.8) is 0 Å². The van der Waals surface area contributed by atoms with E-state index in [1.54, 1.807) is 4.90 Å². The smallest absolute Gasteiger partial charge is 0.122 e. The van der Waals surface area contributed by atoms with Crippen LogP contribution in [0.1, 0.15) is 37.3 Å². The zero-order valence-electron chi connectivity index (χ0n) is 13.7. The number of allylic oxidation sites excluding steroid dienone is 1. The van der Waals surface area contributed by atoms with Gasteiger partial charge in [-0.25, -0.2) is 0 Å². The molecule has 2 nitrogen and oxygen atoms in total. The van der Waals surface area contributed by atoms with Gasteiger partial charge in [-0.05, 0) is 37.8 Å².